The number of rotatable bonds is 4. The van der Waals surface area contributed by atoms with E-state index in [4.69, 9.17) is 0 Å². The highest BCUT2D eigenvalue weighted by Gasteiger charge is 2.30. The summed E-state index contributed by atoms with van der Waals surface area (Å²) < 4.78 is 26.6. The van der Waals surface area contributed by atoms with Gasteiger partial charge in [-0.15, -0.1) is 0 Å². The average Bonchev–Trinajstić information content (AvgIpc) is 2.38. The minimum absolute atomic E-state index is 0.188. The van der Waals surface area contributed by atoms with E-state index in [9.17, 15) is 13.9 Å². The smallest absolute Gasteiger partial charge is 0.126 e. The van der Waals surface area contributed by atoms with Crippen LogP contribution in [0.25, 0.3) is 0 Å². The van der Waals surface area contributed by atoms with Crippen molar-refractivity contribution in [2.75, 3.05) is 6.61 Å². The number of aliphatic hydroxyl groups is 1. The number of halogens is 2. The Morgan fingerprint density at radius 3 is 2.26 bits per heavy atom. The van der Waals surface area contributed by atoms with E-state index in [1.807, 2.05) is 0 Å². The lowest BCUT2D eigenvalue weighted by molar-refractivity contribution is 0.150. The Bertz CT molecular complexity index is 412. The predicted molar refractivity (Wildman–Crippen MR) is 70.8 cm³/mol. The van der Waals surface area contributed by atoms with Crippen LogP contribution in [0.15, 0.2) is 18.2 Å². The number of hydrogen-bond donors (Lipinski definition) is 2. The van der Waals surface area contributed by atoms with Gasteiger partial charge < -0.3 is 10.4 Å². The lowest BCUT2D eigenvalue weighted by atomic mass is 9.88. The Morgan fingerprint density at radius 1 is 1.16 bits per heavy atom. The van der Waals surface area contributed by atoms with Crippen LogP contribution >= 0.6 is 0 Å². The monoisotopic (exact) mass is 269 g/mol. The molecule has 1 aliphatic carbocycles. The summed E-state index contributed by atoms with van der Waals surface area (Å²) in [6.07, 6.45) is 5.66. The van der Waals surface area contributed by atoms with Crippen molar-refractivity contribution in [1.29, 1.82) is 0 Å². The number of nitrogens with one attached hydrogen (secondary N) is 1. The molecule has 1 aromatic carbocycles. The molecule has 1 aromatic rings. The van der Waals surface area contributed by atoms with Gasteiger partial charge in [-0.3, -0.25) is 0 Å². The van der Waals surface area contributed by atoms with E-state index < -0.39 is 17.2 Å². The van der Waals surface area contributed by atoms with Crippen molar-refractivity contribution in [1.82, 2.24) is 5.32 Å². The lowest BCUT2D eigenvalue weighted by Gasteiger charge is -2.36. The van der Waals surface area contributed by atoms with Crippen molar-refractivity contribution in [2.24, 2.45) is 0 Å². The van der Waals surface area contributed by atoms with E-state index in [1.54, 1.807) is 6.92 Å². The maximum Gasteiger partial charge on any atom is 0.126 e. The van der Waals surface area contributed by atoms with Gasteiger partial charge in [0.15, 0.2) is 0 Å². The highest BCUT2D eigenvalue weighted by molar-refractivity contribution is 5.26. The van der Waals surface area contributed by atoms with Crippen LogP contribution in [-0.4, -0.2) is 17.8 Å². The quantitative estimate of drug-likeness (QED) is 0.880. The third-order valence-corrected chi connectivity index (χ3v) is 3.94. The first-order chi connectivity index (χ1) is 9.03. The highest BCUT2D eigenvalue weighted by atomic mass is 19.1. The van der Waals surface area contributed by atoms with Crippen molar-refractivity contribution < 1.29 is 13.9 Å². The molecule has 19 heavy (non-hydrogen) atoms. The Labute approximate surface area is 112 Å². The van der Waals surface area contributed by atoms with Crippen molar-refractivity contribution in [2.45, 2.75) is 50.6 Å². The Hall–Kier alpha value is -1.00. The zero-order valence-electron chi connectivity index (χ0n) is 11.3. The first-order valence-corrected chi connectivity index (χ1v) is 6.88. The third-order valence-electron chi connectivity index (χ3n) is 3.94. The zero-order chi connectivity index (χ0) is 13.9. The van der Waals surface area contributed by atoms with E-state index in [0.29, 0.717) is 11.6 Å². The molecule has 0 radical (unpaired) electrons. The van der Waals surface area contributed by atoms with Gasteiger partial charge in [0.1, 0.15) is 11.6 Å². The average molecular weight is 269 g/mol. The van der Waals surface area contributed by atoms with Gasteiger partial charge in [-0.1, -0.05) is 19.3 Å². The summed E-state index contributed by atoms with van der Waals surface area (Å²) in [5.74, 6) is -1.22. The van der Waals surface area contributed by atoms with Crippen molar-refractivity contribution >= 4 is 0 Å². The SMILES string of the molecule is CC(CO)(NC1CCCCC1)c1cc(F)cc(F)c1. The van der Waals surface area contributed by atoms with Crippen LogP contribution in [0, 0.1) is 11.6 Å². The maximum absolute atomic E-state index is 13.3. The van der Waals surface area contributed by atoms with Crippen molar-refractivity contribution in [3.63, 3.8) is 0 Å². The Balaban J connectivity index is 2.19. The Morgan fingerprint density at radius 2 is 1.74 bits per heavy atom. The minimum atomic E-state index is -0.801. The molecule has 0 aromatic heterocycles. The fraction of sp³-hybridized carbons (Fsp3) is 0.600. The summed E-state index contributed by atoms with van der Waals surface area (Å²) in [5, 5.41) is 13.0. The van der Waals surface area contributed by atoms with Crippen LogP contribution in [0.4, 0.5) is 8.78 Å². The largest absolute Gasteiger partial charge is 0.394 e. The highest BCUT2D eigenvalue weighted by Crippen LogP contribution is 2.26. The number of aliphatic hydroxyl groups excluding tert-OH is 1. The molecule has 4 heteroatoms. The van der Waals surface area contributed by atoms with Gasteiger partial charge in [0, 0.05) is 12.1 Å². The molecular formula is C15H21F2NO. The summed E-state index contributed by atoms with van der Waals surface area (Å²) >= 11 is 0. The van der Waals surface area contributed by atoms with E-state index in [0.717, 1.165) is 31.7 Å². The minimum Gasteiger partial charge on any atom is -0.394 e. The standard InChI is InChI=1S/C15H21F2NO/c1-15(10-19,18-14-5-3-2-4-6-14)11-7-12(16)9-13(17)8-11/h7-9,14,18-19H,2-6,10H2,1H3. The molecule has 0 bridgehead atoms. The molecule has 2 rings (SSSR count). The Kier molecular flexibility index (Phi) is 4.53. The molecule has 1 aliphatic rings. The van der Waals surface area contributed by atoms with Gasteiger partial charge >= 0.3 is 0 Å². The van der Waals surface area contributed by atoms with E-state index in [2.05, 4.69) is 5.32 Å². The van der Waals surface area contributed by atoms with Crippen LogP contribution in [-0.2, 0) is 5.54 Å². The van der Waals surface area contributed by atoms with Crippen molar-refractivity contribution in [3.8, 4) is 0 Å². The van der Waals surface area contributed by atoms with Crippen LogP contribution in [0.5, 0.6) is 0 Å². The molecule has 1 saturated carbocycles. The molecule has 1 atom stereocenters. The summed E-state index contributed by atoms with van der Waals surface area (Å²) in [7, 11) is 0. The van der Waals surface area contributed by atoms with Gasteiger partial charge in [-0.25, -0.2) is 8.78 Å². The number of benzene rings is 1. The van der Waals surface area contributed by atoms with Gasteiger partial charge in [0.25, 0.3) is 0 Å². The molecule has 0 aliphatic heterocycles. The van der Waals surface area contributed by atoms with Crippen LogP contribution in [0.1, 0.15) is 44.6 Å². The zero-order valence-corrected chi connectivity index (χ0v) is 11.3. The molecule has 2 N–H and O–H groups in total. The molecule has 1 unspecified atom stereocenters. The molecule has 0 heterocycles. The third kappa shape index (κ3) is 3.51. The predicted octanol–water partition coefficient (Wildman–Crippen LogP) is 3.09. The summed E-state index contributed by atoms with van der Waals surface area (Å²) in [6, 6.07) is 3.73. The van der Waals surface area contributed by atoms with E-state index >= 15 is 0 Å². The molecular weight excluding hydrogens is 248 g/mol. The normalized spacial score (nSPS) is 20.2. The van der Waals surface area contributed by atoms with Crippen molar-refractivity contribution in [3.05, 3.63) is 35.4 Å². The van der Waals surface area contributed by atoms with Gasteiger partial charge in [-0.2, -0.15) is 0 Å². The topological polar surface area (TPSA) is 32.3 Å². The molecule has 0 amide bonds. The van der Waals surface area contributed by atoms with Gasteiger partial charge in [0.2, 0.25) is 0 Å². The molecule has 1 fully saturated rings. The number of hydrogen-bond acceptors (Lipinski definition) is 2. The molecule has 106 valence electrons. The second-order valence-corrected chi connectivity index (χ2v) is 5.63. The fourth-order valence-electron chi connectivity index (χ4n) is 2.79. The summed E-state index contributed by atoms with van der Waals surface area (Å²) in [6.45, 7) is 1.60. The second kappa shape index (κ2) is 5.97. The maximum atomic E-state index is 13.3. The van der Waals surface area contributed by atoms with Crippen LogP contribution < -0.4 is 5.32 Å². The van der Waals surface area contributed by atoms with Gasteiger partial charge in [0.05, 0.1) is 12.1 Å². The molecule has 0 spiro atoms. The summed E-state index contributed by atoms with van der Waals surface area (Å²) in [4.78, 5) is 0. The van der Waals surface area contributed by atoms with E-state index in [1.165, 1.54) is 18.6 Å². The van der Waals surface area contributed by atoms with Crippen LogP contribution in [0.2, 0.25) is 0 Å². The fourth-order valence-corrected chi connectivity index (χ4v) is 2.79. The first-order valence-electron chi connectivity index (χ1n) is 6.88. The van der Waals surface area contributed by atoms with E-state index in [-0.39, 0.29) is 6.61 Å². The van der Waals surface area contributed by atoms with Gasteiger partial charge in [-0.05, 0) is 37.5 Å². The summed E-state index contributed by atoms with van der Waals surface area (Å²) in [5.41, 5.74) is -0.344. The van der Waals surface area contributed by atoms with Crippen LogP contribution in [0.3, 0.4) is 0 Å². The second-order valence-electron chi connectivity index (χ2n) is 5.63. The lowest BCUT2D eigenvalue weighted by Crippen LogP contribution is -2.49. The molecule has 2 nitrogen and oxygen atoms in total. The first kappa shape index (κ1) is 14.4. The molecule has 0 saturated heterocycles.